The quantitative estimate of drug-likeness (QED) is 0.705. The van der Waals surface area contributed by atoms with E-state index in [1.165, 1.54) is 12.8 Å². The van der Waals surface area contributed by atoms with E-state index < -0.39 is 0 Å². The summed E-state index contributed by atoms with van der Waals surface area (Å²) in [6.07, 6.45) is 5.90. The van der Waals surface area contributed by atoms with Crippen molar-refractivity contribution in [2.75, 3.05) is 33.4 Å². The molecule has 1 atom stereocenters. The molecule has 0 aromatic heterocycles. The van der Waals surface area contributed by atoms with Crippen LogP contribution in [0.15, 0.2) is 24.3 Å². The van der Waals surface area contributed by atoms with E-state index in [-0.39, 0.29) is 11.4 Å². The number of rotatable bonds is 8. The summed E-state index contributed by atoms with van der Waals surface area (Å²) in [5, 5.41) is 3.04. The van der Waals surface area contributed by atoms with Gasteiger partial charge in [0.05, 0.1) is 13.7 Å². The third kappa shape index (κ3) is 6.28. The molecule has 0 aliphatic carbocycles. The summed E-state index contributed by atoms with van der Waals surface area (Å²) < 4.78 is 10.9. The molecule has 1 fully saturated rings. The van der Waals surface area contributed by atoms with Crippen molar-refractivity contribution < 1.29 is 14.3 Å². The van der Waals surface area contributed by atoms with Crippen molar-refractivity contribution in [3.63, 3.8) is 0 Å². The molecule has 5 heteroatoms. The summed E-state index contributed by atoms with van der Waals surface area (Å²) in [7, 11) is 1.61. The smallest absolute Gasteiger partial charge is 0.244 e. The summed E-state index contributed by atoms with van der Waals surface area (Å²) in [5.74, 6) is 2.02. The van der Waals surface area contributed by atoms with Gasteiger partial charge in [-0.15, -0.1) is 0 Å². The molecule has 1 aliphatic heterocycles. The van der Waals surface area contributed by atoms with E-state index in [4.69, 9.17) is 9.47 Å². The molecule has 1 unspecified atom stereocenters. The fourth-order valence-corrected chi connectivity index (χ4v) is 3.45. The highest BCUT2D eigenvalue weighted by molar-refractivity contribution is 5.91. The van der Waals surface area contributed by atoms with E-state index in [0.717, 1.165) is 24.6 Å². The molecule has 1 aliphatic rings. The number of piperidine rings is 1. The lowest BCUT2D eigenvalue weighted by Gasteiger charge is -2.43. The number of likely N-dealkylation sites (tertiary alicyclic amines) is 1. The van der Waals surface area contributed by atoms with Crippen LogP contribution >= 0.6 is 0 Å². The Balaban J connectivity index is 1.91. The van der Waals surface area contributed by atoms with Gasteiger partial charge in [-0.05, 0) is 69.8 Å². The summed E-state index contributed by atoms with van der Waals surface area (Å²) in [4.78, 5) is 14.8. The Bertz CT molecular complexity index is 655. The fraction of sp³-hybridized carbons (Fsp3) is 0.591. The first-order valence-electron chi connectivity index (χ1n) is 9.87. The number of methoxy groups -OCH3 is 1. The van der Waals surface area contributed by atoms with Crippen LogP contribution in [0, 0.1) is 5.92 Å². The van der Waals surface area contributed by atoms with Crippen LogP contribution in [0.3, 0.4) is 0 Å². The van der Waals surface area contributed by atoms with E-state index in [9.17, 15) is 4.79 Å². The van der Waals surface area contributed by atoms with Crippen LogP contribution in [0.1, 0.15) is 46.1 Å². The lowest BCUT2D eigenvalue weighted by Crippen LogP contribution is -2.54. The molecular formula is C22H34N2O3. The molecule has 27 heavy (non-hydrogen) atoms. The summed E-state index contributed by atoms with van der Waals surface area (Å²) in [6.45, 7) is 12.1. The third-order valence-electron chi connectivity index (χ3n) is 5.12. The number of benzene rings is 1. The summed E-state index contributed by atoms with van der Waals surface area (Å²) in [5.41, 5.74) is 0.857. The molecule has 0 radical (unpaired) electrons. The van der Waals surface area contributed by atoms with Crippen LogP contribution in [0.4, 0.5) is 0 Å². The third-order valence-corrected chi connectivity index (χ3v) is 5.12. The Labute approximate surface area is 163 Å². The molecule has 0 spiro atoms. The lowest BCUT2D eigenvalue weighted by atomic mass is 9.93. The average Bonchev–Trinajstić information content (AvgIpc) is 2.65. The fourth-order valence-electron chi connectivity index (χ4n) is 3.45. The predicted octanol–water partition coefficient (Wildman–Crippen LogP) is 3.73. The number of hydrogen-bond donors (Lipinski definition) is 1. The topological polar surface area (TPSA) is 50.8 Å². The average molecular weight is 375 g/mol. The largest absolute Gasteiger partial charge is 0.493 e. The minimum atomic E-state index is -0.0824. The van der Waals surface area contributed by atoms with Crippen LogP contribution in [-0.4, -0.2) is 49.7 Å². The molecule has 1 saturated heterocycles. The van der Waals surface area contributed by atoms with E-state index >= 15 is 0 Å². The molecule has 1 heterocycles. The Kier molecular flexibility index (Phi) is 7.72. The zero-order valence-corrected chi connectivity index (χ0v) is 17.4. The van der Waals surface area contributed by atoms with Crippen LogP contribution < -0.4 is 14.8 Å². The Morgan fingerprint density at radius 2 is 2.15 bits per heavy atom. The number of nitrogens with zero attached hydrogens (tertiary/aromatic N) is 1. The SMILES string of the molecule is CCOc1ccc(/C=C/C(=O)NCC(C)(C)N2CCCC(C)C2)cc1OC. The van der Waals surface area contributed by atoms with Crippen molar-refractivity contribution in [3.05, 3.63) is 29.8 Å². The summed E-state index contributed by atoms with van der Waals surface area (Å²) in [6, 6.07) is 5.64. The van der Waals surface area contributed by atoms with E-state index in [2.05, 4.69) is 31.0 Å². The Hall–Kier alpha value is -2.01. The number of hydrogen-bond acceptors (Lipinski definition) is 4. The molecular weight excluding hydrogens is 340 g/mol. The van der Waals surface area contributed by atoms with Crippen molar-refractivity contribution in [2.24, 2.45) is 5.92 Å². The standard InChI is InChI=1S/C22H34N2O3/c1-6-27-19-11-9-18(14-20(19)26-5)10-12-21(25)23-16-22(3,4)24-13-7-8-17(2)15-24/h9-12,14,17H,6-8,13,15-16H2,1-5H3,(H,23,25)/b12-10+. The maximum absolute atomic E-state index is 12.3. The van der Waals surface area contributed by atoms with Gasteiger partial charge in [-0.2, -0.15) is 0 Å². The van der Waals surface area contributed by atoms with Gasteiger partial charge in [-0.25, -0.2) is 0 Å². The van der Waals surface area contributed by atoms with Crippen LogP contribution in [0.5, 0.6) is 11.5 Å². The first-order chi connectivity index (χ1) is 12.9. The van der Waals surface area contributed by atoms with E-state index in [0.29, 0.717) is 24.7 Å². The van der Waals surface area contributed by atoms with Crippen molar-refractivity contribution in [3.8, 4) is 11.5 Å². The second kappa shape index (κ2) is 9.79. The highest BCUT2D eigenvalue weighted by atomic mass is 16.5. The minimum absolute atomic E-state index is 0.0411. The highest BCUT2D eigenvalue weighted by Gasteiger charge is 2.30. The van der Waals surface area contributed by atoms with Crippen molar-refractivity contribution in [2.45, 2.75) is 46.1 Å². The molecule has 0 bridgehead atoms. The molecule has 5 nitrogen and oxygen atoms in total. The molecule has 1 amide bonds. The van der Waals surface area contributed by atoms with Gasteiger partial charge < -0.3 is 14.8 Å². The van der Waals surface area contributed by atoms with Gasteiger partial charge in [0.2, 0.25) is 5.91 Å². The minimum Gasteiger partial charge on any atom is -0.493 e. The Morgan fingerprint density at radius 1 is 1.37 bits per heavy atom. The summed E-state index contributed by atoms with van der Waals surface area (Å²) >= 11 is 0. The predicted molar refractivity (Wildman–Crippen MR) is 110 cm³/mol. The van der Waals surface area contributed by atoms with Gasteiger partial charge in [-0.3, -0.25) is 9.69 Å². The number of amides is 1. The van der Waals surface area contributed by atoms with Crippen molar-refractivity contribution >= 4 is 12.0 Å². The van der Waals surface area contributed by atoms with Gasteiger partial charge in [0.25, 0.3) is 0 Å². The van der Waals surface area contributed by atoms with Gasteiger partial charge in [-0.1, -0.05) is 13.0 Å². The second-order valence-electron chi connectivity index (χ2n) is 7.90. The zero-order valence-electron chi connectivity index (χ0n) is 17.4. The molecule has 1 aromatic rings. The van der Waals surface area contributed by atoms with Crippen molar-refractivity contribution in [1.29, 1.82) is 0 Å². The van der Waals surface area contributed by atoms with Gasteiger partial charge in [0, 0.05) is 24.7 Å². The van der Waals surface area contributed by atoms with E-state index in [1.807, 2.05) is 25.1 Å². The molecule has 150 valence electrons. The molecule has 1 N–H and O–H groups in total. The first-order valence-corrected chi connectivity index (χ1v) is 9.87. The maximum Gasteiger partial charge on any atom is 0.244 e. The van der Waals surface area contributed by atoms with Crippen LogP contribution in [-0.2, 0) is 4.79 Å². The first kappa shape index (κ1) is 21.3. The lowest BCUT2D eigenvalue weighted by molar-refractivity contribution is -0.117. The molecule has 1 aromatic carbocycles. The van der Waals surface area contributed by atoms with Gasteiger partial charge >= 0.3 is 0 Å². The number of ether oxygens (including phenoxy) is 2. The maximum atomic E-state index is 12.3. The molecule has 0 saturated carbocycles. The Morgan fingerprint density at radius 3 is 2.81 bits per heavy atom. The van der Waals surface area contributed by atoms with Crippen LogP contribution in [0.2, 0.25) is 0 Å². The highest BCUT2D eigenvalue weighted by Crippen LogP contribution is 2.28. The van der Waals surface area contributed by atoms with Crippen molar-refractivity contribution in [1.82, 2.24) is 10.2 Å². The van der Waals surface area contributed by atoms with Crippen LogP contribution in [0.25, 0.3) is 6.08 Å². The van der Waals surface area contributed by atoms with Gasteiger partial charge in [0.1, 0.15) is 0 Å². The van der Waals surface area contributed by atoms with E-state index in [1.54, 1.807) is 19.3 Å². The number of nitrogens with one attached hydrogen (secondary N) is 1. The number of carbonyl (C=O) groups excluding carboxylic acids is 1. The zero-order chi connectivity index (χ0) is 19.9. The second-order valence-corrected chi connectivity index (χ2v) is 7.90. The monoisotopic (exact) mass is 374 g/mol. The normalized spacial score (nSPS) is 18.5. The van der Waals surface area contributed by atoms with Gasteiger partial charge in [0.15, 0.2) is 11.5 Å². The number of carbonyl (C=O) groups is 1. The molecule has 2 rings (SSSR count).